The predicted molar refractivity (Wildman–Crippen MR) is 221 cm³/mol. The van der Waals surface area contributed by atoms with E-state index in [2.05, 4.69) is 182 Å². The molecule has 2 aliphatic rings. The number of rotatable bonds is 2. The molecule has 1 nitrogen and oxygen atoms in total. The molecule has 2 aliphatic carbocycles. The van der Waals surface area contributed by atoms with Crippen molar-refractivity contribution in [2.45, 2.75) is 19.3 Å². The highest BCUT2D eigenvalue weighted by molar-refractivity contribution is 6.27. The minimum absolute atomic E-state index is 0.160. The minimum atomic E-state index is -0.160. The Bertz CT molecular complexity index is 3180. The van der Waals surface area contributed by atoms with E-state index in [1.54, 1.807) is 0 Å². The van der Waals surface area contributed by atoms with Crippen LogP contribution in [0.3, 0.4) is 0 Å². The second kappa shape index (κ2) is 9.87. The second-order valence-corrected chi connectivity index (χ2v) is 15.2. The minimum Gasteiger partial charge on any atom is -0.309 e. The fourth-order valence-corrected chi connectivity index (χ4v) is 10.1. The monoisotopic (exact) mass is 659 g/mol. The van der Waals surface area contributed by atoms with Crippen molar-refractivity contribution in [3.8, 4) is 50.2 Å². The Morgan fingerprint density at radius 2 is 1.04 bits per heavy atom. The Balaban J connectivity index is 1.09. The Kier molecular flexibility index (Phi) is 5.37. The average molecular weight is 660 g/mol. The molecule has 1 aromatic heterocycles. The van der Waals surface area contributed by atoms with Gasteiger partial charge in [0.05, 0.1) is 11.0 Å². The van der Waals surface area contributed by atoms with E-state index in [1.807, 2.05) is 0 Å². The van der Waals surface area contributed by atoms with Crippen LogP contribution in [-0.4, -0.2) is 4.57 Å². The van der Waals surface area contributed by atoms with E-state index in [-0.39, 0.29) is 5.41 Å². The zero-order valence-electron chi connectivity index (χ0n) is 29.0. The summed E-state index contributed by atoms with van der Waals surface area (Å²) >= 11 is 0. The van der Waals surface area contributed by atoms with Gasteiger partial charge in [0.25, 0.3) is 0 Å². The first-order valence-electron chi connectivity index (χ1n) is 18.4. The molecule has 0 fully saturated rings. The SMILES string of the molecule is CC1(C)c2ccccc2-c2c1c1c(c3ccccc23)c2ccccc2n1-c1ccc2cc(-c3ccc4c5c(cccc35)-c3ccccc3-4)ccc2c1. The largest absolute Gasteiger partial charge is 0.309 e. The molecule has 0 bridgehead atoms. The van der Waals surface area contributed by atoms with E-state index in [9.17, 15) is 0 Å². The van der Waals surface area contributed by atoms with Gasteiger partial charge in [-0.15, -0.1) is 0 Å². The highest BCUT2D eigenvalue weighted by atomic mass is 15.0. The maximum atomic E-state index is 2.55. The zero-order valence-corrected chi connectivity index (χ0v) is 29.0. The van der Waals surface area contributed by atoms with Crippen molar-refractivity contribution in [3.63, 3.8) is 0 Å². The van der Waals surface area contributed by atoms with Gasteiger partial charge >= 0.3 is 0 Å². The highest BCUT2D eigenvalue weighted by Gasteiger charge is 2.40. The first-order chi connectivity index (χ1) is 25.6. The van der Waals surface area contributed by atoms with Gasteiger partial charge in [-0.3, -0.25) is 0 Å². The van der Waals surface area contributed by atoms with Crippen molar-refractivity contribution in [2.75, 3.05) is 0 Å². The van der Waals surface area contributed by atoms with Crippen LogP contribution in [0.5, 0.6) is 0 Å². The molecule has 12 rings (SSSR count). The lowest BCUT2D eigenvalue weighted by atomic mass is 9.80. The molecule has 242 valence electrons. The normalized spacial score (nSPS) is 13.7. The van der Waals surface area contributed by atoms with Crippen molar-refractivity contribution in [3.05, 3.63) is 175 Å². The van der Waals surface area contributed by atoms with Gasteiger partial charge in [0.1, 0.15) is 0 Å². The Morgan fingerprint density at radius 3 is 1.88 bits per heavy atom. The molecule has 52 heavy (non-hydrogen) atoms. The van der Waals surface area contributed by atoms with E-state index in [1.165, 1.54) is 115 Å². The van der Waals surface area contributed by atoms with Gasteiger partial charge in [0.2, 0.25) is 0 Å². The smallest absolute Gasteiger partial charge is 0.0594 e. The second-order valence-electron chi connectivity index (χ2n) is 15.2. The van der Waals surface area contributed by atoms with Crippen molar-refractivity contribution < 1.29 is 0 Å². The van der Waals surface area contributed by atoms with Crippen molar-refractivity contribution in [1.29, 1.82) is 0 Å². The van der Waals surface area contributed by atoms with E-state index >= 15 is 0 Å². The molecule has 0 saturated carbocycles. The summed E-state index contributed by atoms with van der Waals surface area (Å²) < 4.78 is 2.55. The zero-order chi connectivity index (χ0) is 34.3. The quantitative estimate of drug-likeness (QED) is 0.174. The summed E-state index contributed by atoms with van der Waals surface area (Å²) in [6.07, 6.45) is 0. The number of hydrogen-bond donors (Lipinski definition) is 0. The van der Waals surface area contributed by atoms with Crippen LogP contribution in [0.1, 0.15) is 25.0 Å². The van der Waals surface area contributed by atoms with Crippen LogP contribution in [0.4, 0.5) is 0 Å². The lowest BCUT2D eigenvalue weighted by molar-refractivity contribution is 0.664. The third-order valence-electron chi connectivity index (χ3n) is 12.3. The molecule has 10 aromatic rings. The molecule has 0 unspecified atom stereocenters. The van der Waals surface area contributed by atoms with Gasteiger partial charge in [0, 0.05) is 21.9 Å². The standard InChI is InChI=1S/C51H33N/c1-51(2)44-20-9-7-16-42(44)47-39-14-5-6-15-40(39)48-43-17-8-10-21-45(43)52(50(48)49(47)51)33-25-24-30-28-32(23-22-31(30)29-33)34-26-27-41-36-13-4-3-12-35(36)38-19-11-18-37(34)46(38)41/h3-29H,1-2H3. The first-order valence-corrected chi connectivity index (χ1v) is 18.4. The highest BCUT2D eigenvalue weighted by Crippen LogP contribution is 2.56. The van der Waals surface area contributed by atoms with Crippen LogP contribution in [0, 0.1) is 0 Å². The van der Waals surface area contributed by atoms with Crippen molar-refractivity contribution >= 4 is 54.1 Å². The predicted octanol–water partition coefficient (Wildman–Crippen LogP) is 13.9. The molecule has 0 aliphatic heterocycles. The molecular weight excluding hydrogens is 627 g/mol. The summed E-state index contributed by atoms with van der Waals surface area (Å²) in [5.41, 5.74) is 17.0. The maximum Gasteiger partial charge on any atom is 0.0594 e. The number of para-hydroxylation sites is 1. The van der Waals surface area contributed by atoms with Gasteiger partial charge in [-0.05, 0) is 112 Å². The maximum absolute atomic E-state index is 2.55. The Morgan fingerprint density at radius 1 is 0.423 bits per heavy atom. The van der Waals surface area contributed by atoms with Gasteiger partial charge < -0.3 is 4.57 Å². The van der Waals surface area contributed by atoms with E-state index in [0.29, 0.717) is 0 Å². The van der Waals surface area contributed by atoms with Crippen LogP contribution in [0.15, 0.2) is 164 Å². The summed E-state index contributed by atoms with van der Waals surface area (Å²) in [5.74, 6) is 0. The van der Waals surface area contributed by atoms with Gasteiger partial charge in [-0.1, -0.05) is 153 Å². The summed E-state index contributed by atoms with van der Waals surface area (Å²) in [6.45, 7) is 4.82. The number of hydrogen-bond acceptors (Lipinski definition) is 0. The Hall–Kier alpha value is -6.44. The molecule has 9 aromatic carbocycles. The molecule has 0 saturated heterocycles. The lowest BCUT2D eigenvalue weighted by Gasteiger charge is -2.24. The van der Waals surface area contributed by atoms with E-state index in [0.717, 1.165) is 0 Å². The molecule has 0 N–H and O–H groups in total. The van der Waals surface area contributed by atoms with Crippen LogP contribution in [0.25, 0.3) is 104 Å². The third kappa shape index (κ3) is 3.48. The summed E-state index contributed by atoms with van der Waals surface area (Å²) in [6, 6.07) is 61.4. The van der Waals surface area contributed by atoms with Gasteiger partial charge in [-0.25, -0.2) is 0 Å². The van der Waals surface area contributed by atoms with E-state index in [4.69, 9.17) is 0 Å². The lowest BCUT2D eigenvalue weighted by Crippen LogP contribution is -2.16. The van der Waals surface area contributed by atoms with Gasteiger partial charge in [-0.2, -0.15) is 0 Å². The van der Waals surface area contributed by atoms with Crippen LogP contribution in [-0.2, 0) is 5.41 Å². The molecule has 1 heteroatoms. The van der Waals surface area contributed by atoms with Crippen LogP contribution < -0.4 is 0 Å². The number of fused-ring (bicyclic) bond motifs is 14. The number of aromatic nitrogens is 1. The average Bonchev–Trinajstić information content (AvgIpc) is 3.79. The third-order valence-corrected chi connectivity index (χ3v) is 12.3. The molecular formula is C51H33N. The molecule has 1 heterocycles. The summed E-state index contributed by atoms with van der Waals surface area (Å²) in [5, 5.41) is 10.5. The number of benzene rings is 9. The summed E-state index contributed by atoms with van der Waals surface area (Å²) in [7, 11) is 0. The molecule has 0 atom stereocenters. The van der Waals surface area contributed by atoms with Gasteiger partial charge in [0.15, 0.2) is 0 Å². The number of nitrogens with zero attached hydrogens (tertiary/aromatic N) is 1. The first kappa shape index (κ1) is 28.3. The topological polar surface area (TPSA) is 4.93 Å². The fourth-order valence-electron chi connectivity index (χ4n) is 10.1. The molecule has 0 radical (unpaired) electrons. The molecule has 0 spiro atoms. The van der Waals surface area contributed by atoms with E-state index < -0.39 is 0 Å². The van der Waals surface area contributed by atoms with Crippen molar-refractivity contribution in [1.82, 2.24) is 4.57 Å². The van der Waals surface area contributed by atoms with Crippen LogP contribution in [0.2, 0.25) is 0 Å². The van der Waals surface area contributed by atoms with Crippen LogP contribution >= 0.6 is 0 Å². The summed E-state index contributed by atoms with van der Waals surface area (Å²) in [4.78, 5) is 0. The Labute approximate surface area is 302 Å². The molecule has 0 amide bonds. The fraction of sp³-hybridized carbons (Fsp3) is 0.0588. The van der Waals surface area contributed by atoms with Crippen molar-refractivity contribution in [2.24, 2.45) is 0 Å².